The molecule has 1 aromatic heterocycles. The van der Waals surface area contributed by atoms with Gasteiger partial charge in [0.05, 0.1) is 18.0 Å². The molecule has 0 aliphatic heterocycles. The lowest BCUT2D eigenvalue weighted by molar-refractivity contribution is 0.826. The maximum absolute atomic E-state index is 12.8. The fraction of sp³-hybridized carbons (Fsp3) is 0.130. The van der Waals surface area contributed by atoms with Crippen LogP contribution in [0, 0.1) is 22.7 Å². The number of nitrogens with zero attached hydrogens (tertiary/aromatic N) is 4. The Kier molecular flexibility index (Phi) is 5.48. The second kappa shape index (κ2) is 8.16. The van der Waals surface area contributed by atoms with Crippen molar-refractivity contribution in [3.8, 4) is 23.3 Å². The number of rotatable bonds is 4. The van der Waals surface area contributed by atoms with Crippen LogP contribution in [0.1, 0.15) is 42.0 Å². The number of nitriles is 2. The molecule has 0 aliphatic carbocycles. The molecule has 0 radical (unpaired) electrons. The average molecular weight is 366 g/mol. The van der Waals surface area contributed by atoms with Crippen LogP contribution in [-0.2, 0) is 0 Å². The van der Waals surface area contributed by atoms with E-state index in [1.54, 1.807) is 0 Å². The summed E-state index contributed by atoms with van der Waals surface area (Å²) in [7, 11) is 0. The molecule has 0 bridgehead atoms. The summed E-state index contributed by atoms with van der Waals surface area (Å²) in [5.74, 6) is 0.361. The van der Waals surface area contributed by atoms with Gasteiger partial charge in [-0.05, 0) is 22.6 Å². The minimum Gasteiger partial charge on any atom is -0.266 e. The molecule has 5 heteroatoms. The zero-order chi connectivity index (χ0) is 20.1. The van der Waals surface area contributed by atoms with E-state index >= 15 is 0 Å². The van der Waals surface area contributed by atoms with Gasteiger partial charge in [-0.3, -0.25) is 4.79 Å². The van der Waals surface area contributed by atoms with Gasteiger partial charge in [-0.25, -0.2) is 4.68 Å². The van der Waals surface area contributed by atoms with E-state index in [1.807, 2.05) is 60.7 Å². The predicted molar refractivity (Wildman–Crippen MR) is 109 cm³/mol. The first-order valence-electron chi connectivity index (χ1n) is 8.84. The van der Waals surface area contributed by atoms with Crippen molar-refractivity contribution in [1.82, 2.24) is 4.68 Å². The molecule has 3 aromatic rings. The third-order valence-electron chi connectivity index (χ3n) is 4.42. The highest BCUT2D eigenvalue weighted by atomic mass is 16.1. The lowest BCUT2D eigenvalue weighted by Crippen LogP contribution is -2.21. The summed E-state index contributed by atoms with van der Waals surface area (Å²) >= 11 is 0. The highest BCUT2D eigenvalue weighted by Gasteiger charge is 2.17. The number of benzene rings is 2. The second-order valence-electron chi connectivity index (χ2n) is 6.60. The van der Waals surface area contributed by atoms with Crippen molar-refractivity contribution in [2.45, 2.75) is 19.8 Å². The molecular formula is C23H18N4O. The zero-order valence-corrected chi connectivity index (χ0v) is 15.6. The van der Waals surface area contributed by atoms with Crippen molar-refractivity contribution < 1.29 is 0 Å². The van der Waals surface area contributed by atoms with Gasteiger partial charge in [-0.15, -0.1) is 0 Å². The van der Waals surface area contributed by atoms with Gasteiger partial charge in [-0.1, -0.05) is 68.4 Å². The predicted octanol–water partition coefficient (Wildman–Crippen LogP) is 4.26. The van der Waals surface area contributed by atoms with Crippen LogP contribution in [0.15, 0.2) is 70.7 Å². The van der Waals surface area contributed by atoms with E-state index in [1.165, 1.54) is 12.4 Å². The van der Waals surface area contributed by atoms with Crippen molar-refractivity contribution in [3.05, 3.63) is 93.4 Å². The highest BCUT2D eigenvalue weighted by molar-refractivity contribution is 5.79. The molecule has 0 unspecified atom stereocenters. The third kappa shape index (κ3) is 3.75. The molecule has 28 heavy (non-hydrogen) atoms. The van der Waals surface area contributed by atoms with Crippen molar-refractivity contribution in [3.63, 3.8) is 0 Å². The molecule has 0 atom stereocenters. The maximum atomic E-state index is 12.8. The van der Waals surface area contributed by atoms with Gasteiger partial charge in [0.25, 0.3) is 5.56 Å². The standard InChI is InChI=1S/C23H18N4O/c1-16(2)18-8-10-19(11-9-18)22-20(12-24)15-27(23(28)21(22)13-25)26-14-17-6-4-3-5-7-17/h3-11,14-16H,1-2H3. The summed E-state index contributed by atoms with van der Waals surface area (Å²) in [5.41, 5.74) is 2.52. The van der Waals surface area contributed by atoms with Gasteiger partial charge < -0.3 is 0 Å². The summed E-state index contributed by atoms with van der Waals surface area (Å²) in [6, 6.07) is 20.9. The van der Waals surface area contributed by atoms with Gasteiger partial charge in [-0.2, -0.15) is 15.6 Å². The average Bonchev–Trinajstić information content (AvgIpc) is 2.73. The van der Waals surface area contributed by atoms with E-state index in [0.29, 0.717) is 17.0 Å². The molecule has 0 amide bonds. The van der Waals surface area contributed by atoms with Gasteiger partial charge in [0.2, 0.25) is 0 Å². The van der Waals surface area contributed by atoms with Gasteiger partial charge in [0, 0.05) is 5.56 Å². The van der Waals surface area contributed by atoms with E-state index in [-0.39, 0.29) is 11.1 Å². The minimum absolute atomic E-state index is 0.0958. The van der Waals surface area contributed by atoms with Gasteiger partial charge in [0.15, 0.2) is 0 Å². The Labute approximate surface area is 163 Å². The Morgan fingerprint density at radius 2 is 1.68 bits per heavy atom. The van der Waals surface area contributed by atoms with Crippen molar-refractivity contribution >= 4 is 6.21 Å². The van der Waals surface area contributed by atoms with E-state index in [2.05, 4.69) is 25.0 Å². The minimum atomic E-state index is -0.559. The Morgan fingerprint density at radius 1 is 1.00 bits per heavy atom. The monoisotopic (exact) mass is 366 g/mol. The van der Waals surface area contributed by atoms with Crippen LogP contribution in [-0.4, -0.2) is 10.9 Å². The SMILES string of the molecule is CC(C)c1ccc(-c2c(C#N)cn(N=Cc3ccccc3)c(=O)c2C#N)cc1. The number of aromatic nitrogens is 1. The molecule has 0 fully saturated rings. The Balaban J connectivity index is 2.14. The Morgan fingerprint density at radius 3 is 2.25 bits per heavy atom. The van der Waals surface area contributed by atoms with Crippen LogP contribution >= 0.6 is 0 Å². The summed E-state index contributed by atoms with van der Waals surface area (Å²) in [6.45, 7) is 4.17. The molecule has 5 nitrogen and oxygen atoms in total. The van der Waals surface area contributed by atoms with Crippen LogP contribution in [0.2, 0.25) is 0 Å². The van der Waals surface area contributed by atoms with Crippen LogP contribution in [0.3, 0.4) is 0 Å². The zero-order valence-electron chi connectivity index (χ0n) is 15.6. The van der Waals surface area contributed by atoms with Crippen LogP contribution < -0.4 is 5.56 Å². The van der Waals surface area contributed by atoms with Crippen LogP contribution in [0.4, 0.5) is 0 Å². The highest BCUT2D eigenvalue weighted by Crippen LogP contribution is 2.27. The molecule has 136 valence electrons. The normalized spacial score (nSPS) is 10.8. The molecule has 0 N–H and O–H groups in total. The third-order valence-corrected chi connectivity index (χ3v) is 4.42. The Bertz CT molecular complexity index is 1160. The first kappa shape index (κ1) is 18.8. The fourth-order valence-corrected chi connectivity index (χ4v) is 2.88. The van der Waals surface area contributed by atoms with Crippen LogP contribution in [0.25, 0.3) is 11.1 Å². The fourth-order valence-electron chi connectivity index (χ4n) is 2.88. The maximum Gasteiger partial charge on any atom is 0.289 e. The topological polar surface area (TPSA) is 81.9 Å². The molecule has 3 rings (SSSR count). The summed E-state index contributed by atoms with van der Waals surface area (Å²) in [5, 5.41) is 23.4. The molecule has 0 spiro atoms. The second-order valence-corrected chi connectivity index (χ2v) is 6.60. The molecule has 0 saturated heterocycles. The van der Waals surface area contributed by atoms with Gasteiger partial charge >= 0.3 is 0 Å². The lowest BCUT2D eigenvalue weighted by atomic mass is 9.94. The van der Waals surface area contributed by atoms with Gasteiger partial charge in [0.1, 0.15) is 17.7 Å². The van der Waals surface area contributed by atoms with Crippen molar-refractivity contribution in [2.24, 2.45) is 5.10 Å². The molecule has 0 aliphatic rings. The summed E-state index contributed by atoms with van der Waals surface area (Å²) in [4.78, 5) is 12.8. The molecular weight excluding hydrogens is 348 g/mol. The first-order chi connectivity index (χ1) is 13.5. The van der Waals surface area contributed by atoms with E-state index in [4.69, 9.17) is 0 Å². The number of pyridine rings is 1. The van der Waals surface area contributed by atoms with Crippen LogP contribution in [0.5, 0.6) is 0 Å². The van der Waals surface area contributed by atoms with E-state index in [9.17, 15) is 15.3 Å². The quantitative estimate of drug-likeness (QED) is 0.647. The van der Waals surface area contributed by atoms with Crippen molar-refractivity contribution in [1.29, 1.82) is 10.5 Å². The summed E-state index contributed by atoms with van der Waals surface area (Å²) in [6.07, 6.45) is 2.88. The first-order valence-corrected chi connectivity index (χ1v) is 8.84. The molecule has 1 heterocycles. The Hall–Kier alpha value is -3.96. The molecule has 2 aromatic carbocycles. The lowest BCUT2D eigenvalue weighted by Gasteiger charge is -2.11. The smallest absolute Gasteiger partial charge is 0.266 e. The van der Waals surface area contributed by atoms with E-state index < -0.39 is 5.56 Å². The largest absolute Gasteiger partial charge is 0.289 e. The van der Waals surface area contributed by atoms with Crippen molar-refractivity contribution in [2.75, 3.05) is 0 Å². The number of hydrogen-bond acceptors (Lipinski definition) is 4. The summed E-state index contributed by atoms with van der Waals surface area (Å²) < 4.78 is 1.04. The van der Waals surface area contributed by atoms with E-state index in [0.717, 1.165) is 15.8 Å². The molecule has 0 saturated carbocycles. The number of hydrogen-bond donors (Lipinski definition) is 0.